The van der Waals surface area contributed by atoms with Crippen molar-refractivity contribution in [3.8, 4) is 5.75 Å². The van der Waals surface area contributed by atoms with Crippen LogP contribution in [0.1, 0.15) is 16.1 Å². The van der Waals surface area contributed by atoms with Crippen molar-refractivity contribution in [2.24, 2.45) is 0 Å². The van der Waals surface area contributed by atoms with E-state index in [2.05, 4.69) is 20.0 Å². The number of amides is 2. The Bertz CT molecular complexity index is 974. The summed E-state index contributed by atoms with van der Waals surface area (Å²) in [7, 11) is -4.74. The van der Waals surface area contributed by atoms with Gasteiger partial charge in [0.05, 0.1) is 0 Å². The number of para-hydroxylation sites is 1. The largest absolute Gasteiger partial charge is 1.00 e. The van der Waals surface area contributed by atoms with E-state index >= 15 is 0 Å². The predicted octanol–water partition coefficient (Wildman–Crippen LogP) is 0.264. The van der Waals surface area contributed by atoms with Gasteiger partial charge in [-0.25, -0.2) is 14.8 Å². The molecule has 0 saturated carbocycles. The van der Waals surface area contributed by atoms with Gasteiger partial charge in [-0.2, -0.15) is 8.42 Å². The number of carbonyl (C=O) groups is 2. The Hall–Kier alpha value is -1.19. The van der Waals surface area contributed by atoms with E-state index in [9.17, 15) is 18.0 Å². The molecule has 29 heavy (non-hydrogen) atoms. The maximum atomic E-state index is 12.1. The predicted molar refractivity (Wildman–Crippen MR) is 109 cm³/mol. The fourth-order valence-corrected chi connectivity index (χ4v) is 2.97. The number of ether oxygens (including phenoxy) is 1. The summed E-state index contributed by atoms with van der Waals surface area (Å²) in [5, 5.41) is 2.12. The van der Waals surface area contributed by atoms with Gasteiger partial charge in [-0.1, -0.05) is 46.3 Å². The zero-order valence-electron chi connectivity index (χ0n) is 15.3. The van der Waals surface area contributed by atoms with Crippen LogP contribution >= 0.6 is 34.2 Å². The third-order valence-corrected chi connectivity index (χ3v) is 4.26. The zero-order chi connectivity index (χ0) is 20.7. The van der Waals surface area contributed by atoms with E-state index in [4.69, 9.17) is 20.5 Å². The van der Waals surface area contributed by atoms with Crippen LogP contribution in [0.4, 0.5) is 10.7 Å². The summed E-state index contributed by atoms with van der Waals surface area (Å²) >= 11 is 7.75. The Kier molecular flexibility index (Phi) is 10.6. The van der Waals surface area contributed by atoms with Crippen molar-refractivity contribution in [2.45, 2.75) is 6.92 Å². The molecule has 0 fully saturated rings. The van der Waals surface area contributed by atoms with Crippen molar-refractivity contribution in [1.82, 2.24) is 9.97 Å². The molecule has 1 N–H and O–H groups in total. The minimum atomic E-state index is -4.74. The standard InChI is InChI=1S/C15H14ClIN4O6S.Na/c1-9-8-12(16)19-14(18-9)20-15(23)21-28(24,25)27-11-5-3-2-4-10(11)13(22)26-7-6-17;/h2-5,8H,6-7H2,1H3,(H2,18,19,20,21,23);/q;+1/p-1. The van der Waals surface area contributed by atoms with Gasteiger partial charge in [-0.15, -0.1) is 0 Å². The van der Waals surface area contributed by atoms with Gasteiger partial charge < -0.3 is 14.2 Å². The fraction of sp³-hybridized carbons (Fsp3) is 0.200. The summed E-state index contributed by atoms with van der Waals surface area (Å²) in [5.41, 5.74) is 0.327. The van der Waals surface area contributed by atoms with Crippen LogP contribution in [0.3, 0.4) is 0 Å². The molecular formula is C15H13ClIN4NaO6S. The first-order chi connectivity index (χ1) is 13.2. The van der Waals surface area contributed by atoms with E-state index in [1.54, 1.807) is 6.92 Å². The van der Waals surface area contributed by atoms with Crippen LogP contribution in [0.25, 0.3) is 4.72 Å². The summed E-state index contributed by atoms with van der Waals surface area (Å²) in [6, 6.07) is 5.65. The Morgan fingerprint density at radius 2 is 1.97 bits per heavy atom. The molecule has 10 nitrogen and oxygen atoms in total. The second kappa shape index (κ2) is 11.9. The molecule has 2 rings (SSSR count). The molecular weight excluding hydrogens is 550 g/mol. The number of aryl methyl sites for hydroxylation is 1. The molecule has 0 aliphatic carbocycles. The summed E-state index contributed by atoms with van der Waals surface area (Å²) in [6.45, 7) is 1.75. The van der Waals surface area contributed by atoms with Gasteiger partial charge in [0.2, 0.25) is 0 Å². The number of hydrogen-bond acceptors (Lipinski definition) is 8. The van der Waals surface area contributed by atoms with E-state index < -0.39 is 22.3 Å². The fourth-order valence-electron chi connectivity index (χ4n) is 1.86. The molecule has 2 amide bonds. The van der Waals surface area contributed by atoms with Gasteiger partial charge in [0, 0.05) is 10.1 Å². The van der Waals surface area contributed by atoms with Gasteiger partial charge in [-0.05, 0) is 25.1 Å². The maximum absolute atomic E-state index is 12.1. The average molecular weight is 563 g/mol. The number of carbonyl (C=O) groups excluding carboxylic acids is 2. The molecule has 0 aliphatic heterocycles. The molecule has 0 saturated heterocycles. The quantitative estimate of drug-likeness (QED) is 0.167. The van der Waals surface area contributed by atoms with Crippen LogP contribution in [-0.4, -0.2) is 41.4 Å². The average Bonchev–Trinajstić information content (AvgIpc) is 2.58. The van der Waals surface area contributed by atoms with Crippen molar-refractivity contribution in [3.63, 3.8) is 0 Å². The van der Waals surface area contributed by atoms with Gasteiger partial charge in [0.15, 0.2) is 11.8 Å². The van der Waals surface area contributed by atoms with Gasteiger partial charge >= 0.3 is 45.8 Å². The normalized spacial score (nSPS) is 10.4. The van der Waals surface area contributed by atoms with Crippen LogP contribution in [0.15, 0.2) is 30.3 Å². The number of aromatic nitrogens is 2. The minimum absolute atomic E-state index is 0. The molecule has 2 aromatic rings. The van der Waals surface area contributed by atoms with Crippen molar-refractivity contribution < 1.29 is 56.5 Å². The van der Waals surface area contributed by atoms with E-state index in [1.807, 2.05) is 22.6 Å². The summed E-state index contributed by atoms with van der Waals surface area (Å²) in [6.07, 6.45) is 0. The molecule has 0 bridgehead atoms. The third kappa shape index (κ3) is 8.60. The van der Waals surface area contributed by atoms with Crippen molar-refractivity contribution >= 4 is 62.4 Å². The van der Waals surface area contributed by atoms with Gasteiger partial charge in [0.1, 0.15) is 23.3 Å². The number of alkyl halides is 1. The van der Waals surface area contributed by atoms with Crippen LogP contribution in [0.2, 0.25) is 5.15 Å². The number of urea groups is 1. The number of nitrogens with one attached hydrogen (secondary N) is 1. The molecule has 0 spiro atoms. The second-order valence-corrected chi connectivity index (χ2v) is 7.68. The number of halogens is 2. The van der Waals surface area contributed by atoms with Crippen LogP contribution in [-0.2, 0) is 15.0 Å². The monoisotopic (exact) mass is 562 g/mol. The molecule has 1 aromatic carbocycles. The molecule has 14 heteroatoms. The van der Waals surface area contributed by atoms with E-state index in [0.29, 0.717) is 10.1 Å². The Labute approximate surface area is 207 Å². The summed E-state index contributed by atoms with van der Waals surface area (Å²) in [4.78, 5) is 31.4. The smallest absolute Gasteiger partial charge is 0.461 e. The molecule has 1 heterocycles. The molecule has 0 aliphatic rings. The number of nitrogens with zero attached hydrogens (tertiary/aromatic N) is 3. The van der Waals surface area contributed by atoms with E-state index in [-0.39, 0.29) is 58.6 Å². The first-order valence-corrected chi connectivity index (χ1v) is 10.8. The minimum Gasteiger partial charge on any atom is -0.461 e. The van der Waals surface area contributed by atoms with Crippen molar-refractivity contribution in [3.05, 3.63) is 51.5 Å². The molecule has 150 valence electrons. The zero-order valence-corrected chi connectivity index (χ0v) is 21.0. The number of anilines is 1. The van der Waals surface area contributed by atoms with Crippen LogP contribution in [0, 0.1) is 6.92 Å². The topological polar surface area (TPSA) is 139 Å². The molecule has 0 radical (unpaired) electrons. The SMILES string of the molecule is Cc1cc(Cl)nc(NC(=O)[N-]S(=O)(=O)Oc2ccccc2C(=O)OCCI)n1.[Na+]. The van der Waals surface area contributed by atoms with E-state index in [0.717, 1.165) is 0 Å². The van der Waals surface area contributed by atoms with Crippen molar-refractivity contribution in [2.75, 3.05) is 16.4 Å². The molecule has 1 aromatic heterocycles. The summed E-state index contributed by atoms with van der Waals surface area (Å²) in [5.74, 6) is -1.32. The Morgan fingerprint density at radius 1 is 1.28 bits per heavy atom. The van der Waals surface area contributed by atoms with Gasteiger partial charge in [-0.3, -0.25) is 9.52 Å². The number of rotatable bonds is 7. The Balaban J connectivity index is 0.00000420. The molecule has 0 unspecified atom stereocenters. The van der Waals surface area contributed by atoms with E-state index in [1.165, 1.54) is 30.3 Å². The first kappa shape index (κ1) is 25.8. The number of benzene rings is 1. The van der Waals surface area contributed by atoms with Gasteiger partial charge in [0.25, 0.3) is 0 Å². The van der Waals surface area contributed by atoms with Crippen LogP contribution in [0.5, 0.6) is 5.75 Å². The Morgan fingerprint density at radius 3 is 2.62 bits per heavy atom. The summed E-state index contributed by atoms with van der Waals surface area (Å²) < 4.78 is 37.3. The molecule has 0 atom stereocenters. The van der Waals surface area contributed by atoms with Crippen LogP contribution < -0.4 is 39.1 Å². The second-order valence-electron chi connectivity index (χ2n) is 5.01. The third-order valence-electron chi connectivity index (χ3n) is 2.85. The number of esters is 1. The maximum Gasteiger partial charge on any atom is 1.00 e. The number of hydrogen-bond donors (Lipinski definition) is 1. The van der Waals surface area contributed by atoms with Crippen molar-refractivity contribution in [1.29, 1.82) is 0 Å². The first-order valence-electron chi connectivity index (χ1n) is 7.52.